The highest BCUT2D eigenvalue weighted by atomic mass is 35.5. The van der Waals surface area contributed by atoms with Gasteiger partial charge in [-0.2, -0.15) is 0 Å². The molecule has 0 radical (unpaired) electrons. The second-order valence-corrected chi connectivity index (χ2v) is 8.61. The monoisotopic (exact) mass is 495 g/mol. The summed E-state index contributed by atoms with van der Waals surface area (Å²) >= 11 is 12.5. The highest BCUT2D eigenvalue weighted by molar-refractivity contribution is 6.39. The minimum Gasteiger partial charge on any atom is -0.463 e. The molecule has 2 rings (SSSR count). The Morgan fingerprint density at radius 2 is 1.55 bits per heavy atom. The molecular formula is C25H31Cl2NO5. The largest absolute Gasteiger partial charge is 0.463 e. The predicted octanol–water partition coefficient (Wildman–Crippen LogP) is 5.94. The molecule has 1 unspecified atom stereocenters. The summed E-state index contributed by atoms with van der Waals surface area (Å²) in [7, 11) is 0. The van der Waals surface area contributed by atoms with Gasteiger partial charge in [-0.05, 0) is 36.6 Å². The van der Waals surface area contributed by atoms with Crippen LogP contribution < -0.4 is 5.32 Å². The average molecular weight is 496 g/mol. The predicted molar refractivity (Wildman–Crippen MR) is 131 cm³/mol. The van der Waals surface area contributed by atoms with E-state index in [1.54, 1.807) is 36.4 Å². The molecule has 0 aliphatic carbocycles. The number of carbonyl (C=O) groups excluding carboxylic acids is 2. The number of benzene rings is 2. The average Bonchev–Trinajstić information content (AvgIpc) is 2.79. The molecule has 0 aliphatic rings. The van der Waals surface area contributed by atoms with Crippen LogP contribution in [0.15, 0.2) is 42.5 Å². The van der Waals surface area contributed by atoms with Crippen molar-refractivity contribution in [1.82, 2.24) is 0 Å². The van der Waals surface area contributed by atoms with Crippen molar-refractivity contribution in [2.75, 3.05) is 18.5 Å². The summed E-state index contributed by atoms with van der Waals surface area (Å²) in [5.74, 6) is -0.998. The van der Waals surface area contributed by atoms with E-state index in [0.717, 1.165) is 25.7 Å². The third-order valence-electron chi connectivity index (χ3n) is 5.04. The van der Waals surface area contributed by atoms with Crippen LogP contribution in [-0.4, -0.2) is 36.4 Å². The lowest BCUT2D eigenvalue weighted by Crippen LogP contribution is -2.28. The molecule has 33 heavy (non-hydrogen) atoms. The van der Waals surface area contributed by atoms with Gasteiger partial charge in [0.15, 0.2) is 0 Å². The molecule has 0 aliphatic heterocycles. The van der Waals surface area contributed by atoms with E-state index in [-0.39, 0.29) is 31.5 Å². The second kappa shape index (κ2) is 14.1. The first-order valence-electron chi connectivity index (χ1n) is 11.1. The number of hydrogen-bond donors (Lipinski definition) is 2. The lowest BCUT2D eigenvalue weighted by molar-refractivity contribution is -0.155. The third-order valence-corrected chi connectivity index (χ3v) is 5.67. The first kappa shape index (κ1) is 27.0. The summed E-state index contributed by atoms with van der Waals surface area (Å²) in [5.41, 5.74) is 1.89. The Morgan fingerprint density at radius 3 is 2.18 bits per heavy atom. The Balaban J connectivity index is 1.87. The fourth-order valence-corrected chi connectivity index (χ4v) is 3.86. The summed E-state index contributed by atoms with van der Waals surface area (Å²) in [6, 6.07) is 12.4. The van der Waals surface area contributed by atoms with E-state index in [2.05, 4.69) is 5.32 Å². The first-order chi connectivity index (χ1) is 15.8. The molecule has 180 valence electrons. The molecule has 2 aromatic rings. The Morgan fingerprint density at radius 1 is 0.939 bits per heavy atom. The molecule has 2 aromatic carbocycles. The van der Waals surface area contributed by atoms with Gasteiger partial charge in [-0.1, -0.05) is 74.2 Å². The number of hydrogen-bond acceptors (Lipinski definition) is 6. The summed E-state index contributed by atoms with van der Waals surface area (Å²) < 4.78 is 10.4. The molecule has 0 aromatic heterocycles. The standard InChI is InChI=1S/C25H31Cl2NO5/c1-3-8-17(9-4-2)25(31)33-16-19(29)15-32-23(30)14-18-10-5-6-13-22(18)28-24-20(26)11-7-12-21(24)27/h5-7,10-13,17,19,28-29H,3-4,8-9,14-16H2,1-2H3. The van der Waals surface area contributed by atoms with Crippen LogP contribution in [0.3, 0.4) is 0 Å². The van der Waals surface area contributed by atoms with Crippen molar-refractivity contribution in [2.24, 2.45) is 5.92 Å². The van der Waals surface area contributed by atoms with Crippen LogP contribution in [0.25, 0.3) is 0 Å². The lowest BCUT2D eigenvalue weighted by atomic mass is 9.99. The molecule has 8 heteroatoms. The van der Waals surface area contributed by atoms with Crippen molar-refractivity contribution in [3.8, 4) is 0 Å². The topological polar surface area (TPSA) is 84.9 Å². The highest BCUT2D eigenvalue weighted by Crippen LogP contribution is 2.33. The number of ether oxygens (including phenoxy) is 2. The number of rotatable bonds is 13. The van der Waals surface area contributed by atoms with Gasteiger partial charge in [0.25, 0.3) is 0 Å². The van der Waals surface area contributed by atoms with Gasteiger partial charge in [0, 0.05) is 5.69 Å². The van der Waals surface area contributed by atoms with Gasteiger partial charge in [-0.3, -0.25) is 9.59 Å². The van der Waals surface area contributed by atoms with Gasteiger partial charge in [0.1, 0.15) is 19.3 Å². The van der Waals surface area contributed by atoms with E-state index >= 15 is 0 Å². The molecule has 0 saturated heterocycles. The van der Waals surface area contributed by atoms with E-state index in [1.807, 2.05) is 19.9 Å². The van der Waals surface area contributed by atoms with Crippen LogP contribution in [0.1, 0.15) is 45.1 Å². The van der Waals surface area contributed by atoms with E-state index < -0.39 is 12.1 Å². The van der Waals surface area contributed by atoms with Crippen molar-refractivity contribution < 1.29 is 24.2 Å². The molecule has 1 atom stereocenters. The Hall–Kier alpha value is -2.28. The van der Waals surface area contributed by atoms with Crippen molar-refractivity contribution in [2.45, 2.75) is 52.1 Å². The molecule has 0 spiro atoms. The molecular weight excluding hydrogens is 465 g/mol. The van der Waals surface area contributed by atoms with Crippen molar-refractivity contribution in [3.05, 3.63) is 58.1 Å². The van der Waals surface area contributed by atoms with E-state index in [0.29, 0.717) is 27.0 Å². The summed E-state index contributed by atoms with van der Waals surface area (Å²) in [5, 5.41) is 14.1. The molecule has 0 heterocycles. The van der Waals surface area contributed by atoms with Crippen LogP contribution in [0.4, 0.5) is 11.4 Å². The fraction of sp³-hybridized carbons (Fsp3) is 0.440. The number of aliphatic hydroxyl groups is 1. The number of anilines is 2. The third kappa shape index (κ3) is 8.88. The van der Waals surface area contributed by atoms with Crippen LogP contribution in [0.2, 0.25) is 10.0 Å². The number of esters is 2. The van der Waals surface area contributed by atoms with E-state index in [1.165, 1.54) is 0 Å². The maximum Gasteiger partial charge on any atom is 0.310 e. The molecule has 2 N–H and O–H groups in total. The minimum absolute atomic E-state index is 0.0210. The maximum absolute atomic E-state index is 12.4. The van der Waals surface area contributed by atoms with E-state index in [4.69, 9.17) is 32.7 Å². The molecule has 0 fully saturated rings. The van der Waals surface area contributed by atoms with Crippen LogP contribution in [0, 0.1) is 5.92 Å². The summed E-state index contributed by atoms with van der Waals surface area (Å²) in [6.07, 6.45) is 2.18. The van der Waals surface area contributed by atoms with Crippen molar-refractivity contribution in [1.29, 1.82) is 0 Å². The number of halogens is 2. The number of para-hydroxylation sites is 2. The minimum atomic E-state index is -1.09. The van der Waals surface area contributed by atoms with Gasteiger partial charge in [0.2, 0.25) is 0 Å². The Kier molecular flexibility index (Phi) is 11.5. The fourth-order valence-electron chi connectivity index (χ4n) is 3.37. The van der Waals surface area contributed by atoms with Gasteiger partial charge in [-0.15, -0.1) is 0 Å². The SMILES string of the molecule is CCCC(CCC)C(=O)OCC(O)COC(=O)Cc1ccccc1Nc1c(Cl)cccc1Cl. The smallest absolute Gasteiger partial charge is 0.310 e. The molecule has 0 saturated carbocycles. The lowest BCUT2D eigenvalue weighted by Gasteiger charge is -2.17. The van der Waals surface area contributed by atoms with Gasteiger partial charge in [-0.25, -0.2) is 0 Å². The number of aliphatic hydroxyl groups excluding tert-OH is 1. The number of nitrogens with one attached hydrogen (secondary N) is 1. The Bertz CT molecular complexity index is 895. The molecule has 0 amide bonds. The zero-order valence-corrected chi connectivity index (χ0v) is 20.5. The van der Waals surface area contributed by atoms with Crippen LogP contribution in [-0.2, 0) is 25.5 Å². The van der Waals surface area contributed by atoms with Crippen molar-refractivity contribution >= 4 is 46.5 Å². The molecule has 6 nitrogen and oxygen atoms in total. The zero-order valence-electron chi connectivity index (χ0n) is 19.0. The van der Waals surface area contributed by atoms with Gasteiger partial charge < -0.3 is 19.9 Å². The zero-order chi connectivity index (χ0) is 24.2. The summed E-state index contributed by atoms with van der Waals surface area (Å²) in [6.45, 7) is 3.56. The van der Waals surface area contributed by atoms with Crippen LogP contribution >= 0.6 is 23.2 Å². The van der Waals surface area contributed by atoms with E-state index in [9.17, 15) is 14.7 Å². The quantitative estimate of drug-likeness (QED) is 0.334. The normalized spacial score (nSPS) is 11.8. The van der Waals surface area contributed by atoms with Gasteiger partial charge in [0.05, 0.1) is 28.1 Å². The van der Waals surface area contributed by atoms with Crippen molar-refractivity contribution in [3.63, 3.8) is 0 Å². The Labute approximate surface area is 205 Å². The highest BCUT2D eigenvalue weighted by Gasteiger charge is 2.20. The second-order valence-electron chi connectivity index (χ2n) is 7.80. The van der Waals surface area contributed by atoms with Crippen LogP contribution in [0.5, 0.6) is 0 Å². The first-order valence-corrected chi connectivity index (χ1v) is 11.9. The van der Waals surface area contributed by atoms with Gasteiger partial charge >= 0.3 is 11.9 Å². The maximum atomic E-state index is 12.4. The summed E-state index contributed by atoms with van der Waals surface area (Å²) in [4.78, 5) is 24.5. The molecule has 0 bridgehead atoms. The number of carbonyl (C=O) groups is 2.